The fourth-order valence-electron chi connectivity index (χ4n) is 2.04. The Morgan fingerprint density at radius 1 is 1.18 bits per heavy atom. The van der Waals surface area contributed by atoms with Crippen molar-refractivity contribution in [1.82, 2.24) is 0 Å². The summed E-state index contributed by atoms with van der Waals surface area (Å²) in [6.07, 6.45) is 0.984. The summed E-state index contributed by atoms with van der Waals surface area (Å²) >= 11 is 0. The van der Waals surface area contributed by atoms with Crippen LogP contribution in [-0.2, 0) is 0 Å². The molecule has 1 aromatic rings. The van der Waals surface area contributed by atoms with Crippen LogP contribution in [0.4, 0.5) is 0 Å². The van der Waals surface area contributed by atoms with Crippen LogP contribution in [0.1, 0.15) is 57.2 Å². The van der Waals surface area contributed by atoms with Crippen LogP contribution in [0, 0.1) is 5.92 Å². The molecule has 0 aliphatic rings. The molecule has 0 aliphatic carbocycles. The van der Waals surface area contributed by atoms with E-state index in [1.165, 1.54) is 5.56 Å². The highest BCUT2D eigenvalue weighted by molar-refractivity contribution is 5.40. The van der Waals surface area contributed by atoms with Gasteiger partial charge in [-0.1, -0.05) is 39.8 Å². The Hall–Kier alpha value is -1.02. The minimum absolute atomic E-state index is 0.0589. The molecule has 0 saturated heterocycles. The fourth-order valence-corrected chi connectivity index (χ4v) is 2.04. The van der Waals surface area contributed by atoms with E-state index in [0.29, 0.717) is 11.8 Å². The molecule has 0 aromatic heterocycles. The van der Waals surface area contributed by atoms with Crippen LogP contribution < -0.4 is 10.5 Å². The lowest BCUT2D eigenvalue weighted by Crippen LogP contribution is -2.14. The minimum Gasteiger partial charge on any atom is -0.496 e. The van der Waals surface area contributed by atoms with E-state index in [-0.39, 0.29) is 6.04 Å². The first-order valence-corrected chi connectivity index (χ1v) is 6.39. The van der Waals surface area contributed by atoms with Gasteiger partial charge in [-0.25, -0.2) is 0 Å². The monoisotopic (exact) mass is 235 g/mol. The summed E-state index contributed by atoms with van der Waals surface area (Å²) in [5.41, 5.74) is 8.71. The molecule has 2 N–H and O–H groups in total. The molecule has 2 heteroatoms. The summed E-state index contributed by atoms with van der Waals surface area (Å²) in [7, 11) is 1.70. The molecule has 0 fully saturated rings. The molecule has 0 spiro atoms. The molecule has 0 unspecified atom stereocenters. The van der Waals surface area contributed by atoms with Gasteiger partial charge in [0.15, 0.2) is 0 Å². The third-order valence-corrected chi connectivity index (χ3v) is 3.05. The van der Waals surface area contributed by atoms with Crippen LogP contribution in [0.25, 0.3) is 0 Å². The normalized spacial score (nSPS) is 13.2. The lowest BCUT2D eigenvalue weighted by atomic mass is 9.93. The SMILES string of the molecule is COc1ccc(C(C)C)cc1[C@H](N)CC(C)C. The zero-order valence-electron chi connectivity index (χ0n) is 11.7. The lowest BCUT2D eigenvalue weighted by molar-refractivity contribution is 0.399. The largest absolute Gasteiger partial charge is 0.496 e. The molecule has 0 bridgehead atoms. The minimum atomic E-state index is 0.0589. The van der Waals surface area contributed by atoms with Crippen LogP contribution in [0.15, 0.2) is 18.2 Å². The third kappa shape index (κ3) is 3.74. The number of hydrogen-bond donors (Lipinski definition) is 1. The maximum Gasteiger partial charge on any atom is 0.123 e. The van der Waals surface area contributed by atoms with E-state index in [4.69, 9.17) is 10.5 Å². The van der Waals surface area contributed by atoms with Gasteiger partial charge >= 0.3 is 0 Å². The van der Waals surface area contributed by atoms with Gasteiger partial charge in [0.05, 0.1) is 7.11 Å². The van der Waals surface area contributed by atoms with E-state index in [9.17, 15) is 0 Å². The Morgan fingerprint density at radius 2 is 1.82 bits per heavy atom. The van der Waals surface area contributed by atoms with E-state index in [2.05, 4.69) is 39.8 Å². The average molecular weight is 235 g/mol. The van der Waals surface area contributed by atoms with Crippen molar-refractivity contribution >= 4 is 0 Å². The first-order valence-electron chi connectivity index (χ1n) is 6.39. The second-order valence-electron chi connectivity index (χ2n) is 5.39. The molecule has 0 heterocycles. The van der Waals surface area contributed by atoms with Gasteiger partial charge in [-0.2, -0.15) is 0 Å². The van der Waals surface area contributed by atoms with Crippen LogP contribution in [-0.4, -0.2) is 7.11 Å². The maximum absolute atomic E-state index is 6.26. The van der Waals surface area contributed by atoms with Gasteiger partial charge in [0.1, 0.15) is 5.75 Å². The summed E-state index contributed by atoms with van der Waals surface area (Å²) in [6.45, 7) is 8.77. The Bertz CT molecular complexity index is 358. The smallest absolute Gasteiger partial charge is 0.123 e. The fraction of sp³-hybridized carbons (Fsp3) is 0.600. The van der Waals surface area contributed by atoms with Crippen molar-refractivity contribution in [2.75, 3.05) is 7.11 Å². The number of ether oxygens (including phenoxy) is 1. The molecule has 0 aliphatic heterocycles. The zero-order valence-corrected chi connectivity index (χ0v) is 11.7. The highest BCUT2D eigenvalue weighted by Gasteiger charge is 2.15. The van der Waals surface area contributed by atoms with Crippen LogP contribution >= 0.6 is 0 Å². The molecule has 1 rings (SSSR count). The van der Waals surface area contributed by atoms with E-state index in [0.717, 1.165) is 17.7 Å². The molecule has 17 heavy (non-hydrogen) atoms. The number of rotatable bonds is 5. The molecule has 2 nitrogen and oxygen atoms in total. The second kappa shape index (κ2) is 6.06. The van der Waals surface area contributed by atoms with Crippen molar-refractivity contribution in [3.63, 3.8) is 0 Å². The standard InChI is InChI=1S/C15H25NO/c1-10(2)8-14(16)13-9-12(11(3)4)6-7-15(13)17-5/h6-7,9-11,14H,8,16H2,1-5H3/t14-/m1/s1. The number of hydrogen-bond acceptors (Lipinski definition) is 2. The number of methoxy groups -OCH3 is 1. The molecule has 0 amide bonds. The van der Waals surface area contributed by atoms with E-state index in [1.807, 2.05) is 6.07 Å². The van der Waals surface area contributed by atoms with Gasteiger partial charge in [-0.15, -0.1) is 0 Å². The lowest BCUT2D eigenvalue weighted by Gasteiger charge is -2.19. The molecule has 96 valence electrons. The highest BCUT2D eigenvalue weighted by Crippen LogP contribution is 2.30. The van der Waals surface area contributed by atoms with Crippen LogP contribution in [0.2, 0.25) is 0 Å². The van der Waals surface area contributed by atoms with E-state index in [1.54, 1.807) is 7.11 Å². The summed E-state index contributed by atoms with van der Waals surface area (Å²) in [5.74, 6) is 2.02. The van der Waals surface area contributed by atoms with Gasteiger partial charge < -0.3 is 10.5 Å². The van der Waals surface area contributed by atoms with E-state index >= 15 is 0 Å². The van der Waals surface area contributed by atoms with Crippen LogP contribution in [0.3, 0.4) is 0 Å². The van der Waals surface area contributed by atoms with Crippen molar-refractivity contribution in [1.29, 1.82) is 0 Å². The molecular formula is C15H25NO. The first-order chi connectivity index (χ1) is 7.95. The number of nitrogens with two attached hydrogens (primary N) is 1. The van der Waals surface area contributed by atoms with Crippen molar-refractivity contribution in [2.24, 2.45) is 11.7 Å². The van der Waals surface area contributed by atoms with Crippen molar-refractivity contribution in [3.05, 3.63) is 29.3 Å². The topological polar surface area (TPSA) is 35.2 Å². The molecule has 1 atom stereocenters. The van der Waals surface area contributed by atoms with Crippen LogP contribution in [0.5, 0.6) is 5.75 Å². The van der Waals surface area contributed by atoms with Gasteiger partial charge in [-0.3, -0.25) is 0 Å². The van der Waals surface area contributed by atoms with E-state index < -0.39 is 0 Å². The molecule has 1 aromatic carbocycles. The predicted octanol–water partition coefficient (Wildman–Crippen LogP) is 3.86. The highest BCUT2D eigenvalue weighted by atomic mass is 16.5. The van der Waals surface area contributed by atoms with Crippen molar-refractivity contribution in [3.8, 4) is 5.75 Å². The Labute approximate surface area is 105 Å². The quantitative estimate of drug-likeness (QED) is 0.841. The molecule has 0 saturated carbocycles. The summed E-state index contributed by atoms with van der Waals surface area (Å²) in [6, 6.07) is 6.40. The number of benzene rings is 1. The van der Waals surface area contributed by atoms with Gasteiger partial charge in [0.25, 0.3) is 0 Å². The third-order valence-electron chi connectivity index (χ3n) is 3.05. The van der Waals surface area contributed by atoms with Gasteiger partial charge in [0.2, 0.25) is 0 Å². The summed E-state index contributed by atoms with van der Waals surface area (Å²) in [5, 5.41) is 0. The van der Waals surface area contributed by atoms with Crippen molar-refractivity contribution < 1.29 is 4.74 Å². The summed E-state index contributed by atoms with van der Waals surface area (Å²) < 4.78 is 5.40. The second-order valence-corrected chi connectivity index (χ2v) is 5.39. The predicted molar refractivity (Wildman–Crippen MR) is 73.5 cm³/mol. The zero-order chi connectivity index (χ0) is 13.0. The Balaban J connectivity index is 3.05. The summed E-state index contributed by atoms with van der Waals surface area (Å²) in [4.78, 5) is 0. The molecule has 0 radical (unpaired) electrons. The van der Waals surface area contributed by atoms with Gasteiger partial charge in [0, 0.05) is 11.6 Å². The first kappa shape index (κ1) is 14.0. The molecular weight excluding hydrogens is 210 g/mol. The van der Waals surface area contributed by atoms with Gasteiger partial charge in [-0.05, 0) is 29.9 Å². The Kier molecular flexibility index (Phi) is 5.01. The maximum atomic E-state index is 6.26. The van der Waals surface area contributed by atoms with Crippen molar-refractivity contribution in [2.45, 2.75) is 46.1 Å². The average Bonchev–Trinajstić information content (AvgIpc) is 2.27. The Morgan fingerprint density at radius 3 is 2.29 bits per heavy atom.